The highest BCUT2D eigenvalue weighted by atomic mass is 32.2. The highest BCUT2D eigenvalue weighted by Gasteiger charge is 2.29. The molecule has 1 amide bonds. The van der Waals surface area contributed by atoms with Crippen LogP contribution in [0.3, 0.4) is 0 Å². The van der Waals surface area contributed by atoms with Crippen molar-refractivity contribution in [2.75, 3.05) is 13.1 Å². The summed E-state index contributed by atoms with van der Waals surface area (Å²) in [5.74, 6) is 1.47. The van der Waals surface area contributed by atoms with Crippen molar-refractivity contribution in [2.24, 2.45) is 4.99 Å². The average Bonchev–Trinajstić information content (AvgIpc) is 3.11. The highest BCUT2D eigenvalue weighted by Crippen LogP contribution is 2.23. The summed E-state index contributed by atoms with van der Waals surface area (Å²) < 4.78 is 5.78. The largest absolute Gasteiger partial charge is 0.481 e. The SMILES string of the molecule is Cc1ccc(C)c(CSC2=NCCN2C(=O)[C@@H](C)Oc2ccccc2)c1. The third-order valence-corrected chi connectivity index (χ3v) is 5.40. The number of hydrogen-bond donors (Lipinski definition) is 0. The van der Waals surface area contributed by atoms with Crippen molar-refractivity contribution >= 4 is 22.8 Å². The Bertz CT molecular complexity index is 805. The van der Waals surface area contributed by atoms with Gasteiger partial charge in [-0.1, -0.05) is 53.7 Å². The lowest BCUT2D eigenvalue weighted by atomic mass is 10.1. The Kier molecular flexibility index (Phi) is 5.99. The van der Waals surface area contributed by atoms with Gasteiger partial charge in [0.15, 0.2) is 11.3 Å². The number of benzene rings is 2. The minimum atomic E-state index is -0.540. The molecule has 0 aromatic heterocycles. The average molecular weight is 369 g/mol. The van der Waals surface area contributed by atoms with Gasteiger partial charge >= 0.3 is 0 Å². The van der Waals surface area contributed by atoms with Crippen molar-refractivity contribution in [1.82, 2.24) is 4.90 Å². The number of amides is 1. The van der Waals surface area contributed by atoms with Crippen LogP contribution in [0.4, 0.5) is 0 Å². The molecular formula is C21H24N2O2S. The van der Waals surface area contributed by atoms with Crippen LogP contribution in [-0.2, 0) is 10.5 Å². The minimum Gasteiger partial charge on any atom is -0.481 e. The number of nitrogens with zero attached hydrogens (tertiary/aromatic N) is 2. The summed E-state index contributed by atoms with van der Waals surface area (Å²) in [5.41, 5.74) is 3.79. The molecule has 0 bridgehead atoms. The molecule has 26 heavy (non-hydrogen) atoms. The van der Waals surface area contributed by atoms with E-state index in [0.29, 0.717) is 18.8 Å². The number of hydrogen-bond acceptors (Lipinski definition) is 4. The van der Waals surface area contributed by atoms with Crippen molar-refractivity contribution < 1.29 is 9.53 Å². The number of amidine groups is 1. The van der Waals surface area contributed by atoms with E-state index < -0.39 is 6.10 Å². The van der Waals surface area contributed by atoms with Crippen molar-refractivity contribution in [3.05, 3.63) is 65.2 Å². The van der Waals surface area contributed by atoms with Gasteiger partial charge in [-0.2, -0.15) is 0 Å². The number of rotatable bonds is 5. The summed E-state index contributed by atoms with van der Waals surface area (Å²) in [6.07, 6.45) is -0.540. The maximum Gasteiger partial charge on any atom is 0.269 e. The topological polar surface area (TPSA) is 41.9 Å². The third kappa shape index (κ3) is 4.47. The molecule has 1 aliphatic rings. The molecule has 0 spiro atoms. The summed E-state index contributed by atoms with van der Waals surface area (Å²) in [7, 11) is 0. The van der Waals surface area contributed by atoms with Crippen molar-refractivity contribution in [1.29, 1.82) is 0 Å². The summed E-state index contributed by atoms with van der Waals surface area (Å²) in [6, 6.07) is 15.9. The summed E-state index contributed by atoms with van der Waals surface area (Å²) in [4.78, 5) is 19.1. The quantitative estimate of drug-likeness (QED) is 0.794. The highest BCUT2D eigenvalue weighted by molar-refractivity contribution is 8.13. The number of carbonyl (C=O) groups excluding carboxylic acids is 1. The fourth-order valence-electron chi connectivity index (χ4n) is 2.83. The van der Waals surface area contributed by atoms with Crippen molar-refractivity contribution in [3.63, 3.8) is 0 Å². The molecule has 0 fully saturated rings. The normalized spacial score (nSPS) is 14.9. The van der Waals surface area contributed by atoms with Gasteiger partial charge in [0.1, 0.15) is 5.75 Å². The molecule has 4 nitrogen and oxygen atoms in total. The predicted molar refractivity (Wildman–Crippen MR) is 108 cm³/mol. The number of thioether (sulfide) groups is 1. The van der Waals surface area contributed by atoms with E-state index in [0.717, 1.165) is 10.9 Å². The summed E-state index contributed by atoms with van der Waals surface area (Å²) in [6.45, 7) is 7.28. The number of carbonyl (C=O) groups is 1. The van der Waals surface area contributed by atoms with E-state index in [1.54, 1.807) is 23.6 Å². The molecule has 0 saturated carbocycles. The Balaban J connectivity index is 1.62. The number of ether oxygens (including phenoxy) is 1. The molecule has 0 radical (unpaired) electrons. The Hall–Kier alpha value is -2.27. The van der Waals surface area contributed by atoms with Crippen LogP contribution < -0.4 is 4.74 Å². The Morgan fingerprint density at radius 3 is 2.77 bits per heavy atom. The molecule has 0 aliphatic carbocycles. The molecule has 3 rings (SSSR count). The van der Waals surface area contributed by atoms with Crippen LogP contribution in [0, 0.1) is 13.8 Å². The summed E-state index contributed by atoms with van der Waals surface area (Å²) >= 11 is 1.62. The number of aryl methyl sites for hydroxylation is 2. The van der Waals surface area contributed by atoms with Gasteiger partial charge in [-0.15, -0.1) is 0 Å². The molecule has 1 atom stereocenters. The van der Waals surface area contributed by atoms with Gasteiger partial charge in [-0.05, 0) is 44.0 Å². The lowest BCUT2D eigenvalue weighted by Crippen LogP contribution is -2.41. The third-order valence-electron chi connectivity index (χ3n) is 4.33. The zero-order valence-electron chi connectivity index (χ0n) is 15.4. The fourth-order valence-corrected chi connectivity index (χ4v) is 3.94. The van der Waals surface area contributed by atoms with Gasteiger partial charge in [0.2, 0.25) is 0 Å². The van der Waals surface area contributed by atoms with Crippen LogP contribution in [0.15, 0.2) is 53.5 Å². The van der Waals surface area contributed by atoms with Gasteiger partial charge in [-0.25, -0.2) is 0 Å². The van der Waals surface area contributed by atoms with Crippen molar-refractivity contribution in [3.8, 4) is 5.75 Å². The molecule has 0 saturated heterocycles. The molecule has 2 aromatic rings. The lowest BCUT2D eigenvalue weighted by Gasteiger charge is -2.22. The Labute approximate surface area is 159 Å². The van der Waals surface area contributed by atoms with E-state index in [-0.39, 0.29) is 5.91 Å². The molecule has 136 valence electrons. The fraction of sp³-hybridized carbons (Fsp3) is 0.333. The predicted octanol–water partition coefficient (Wildman–Crippen LogP) is 4.20. The van der Waals surface area contributed by atoms with Crippen LogP contribution in [0.2, 0.25) is 0 Å². The Morgan fingerprint density at radius 1 is 1.23 bits per heavy atom. The first-order chi connectivity index (χ1) is 12.5. The van der Waals surface area contributed by atoms with Gasteiger partial charge < -0.3 is 4.74 Å². The minimum absolute atomic E-state index is 0.0430. The van der Waals surface area contributed by atoms with E-state index in [2.05, 4.69) is 37.0 Å². The maximum atomic E-state index is 12.8. The van der Waals surface area contributed by atoms with Crippen LogP contribution in [0.1, 0.15) is 23.6 Å². The molecule has 1 heterocycles. The lowest BCUT2D eigenvalue weighted by molar-refractivity contribution is -0.133. The molecular weight excluding hydrogens is 344 g/mol. The molecule has 5 heteroatoms. The van der Waals surface area contributed by atoms with Gasteiger partial charge in [0.05, 0.1) is 6.54 Å². The maximum absolute atomic E-state index is 12.8. The monoisotopic (exact) mass is 368 g/mol. The Morgan fingerprint density at radius 2 is 2.00 bits per heavy atom. The number of para-hydroxylation sites is 1. The van der Waals surface area contributed by atoms with Gasteiger partial charge in [0, 0.05) is 12.3 Å². The first-order valence-corrected chi connectivity index (χ1v) is 9.79. The first kappa shape index (κ1) is 18.5. The second kappa shape index (κ2) is 8.41. The second-order valence-electron chi connectivity index (χ2n) is 6.45. The smallest absolute Gasteiger partial charge is 0.269 e. The number of aliphatic imine (C=N–C) groups is 1. The van der Waals surface area contributed by atoms with Crippen LogP contribution in [0.5, 0.6) is 5.75 Å². The van der Waals surface area contributed by atoms with Crippen molar-refractivity contribution in [2.45, 2.75) is 32.6 Å². The van der Waals surface area contributed by atoms with E-state index >= 15 is 0 Å². The molecule has 0 N–H and O–H groups in total. The van der Waals surface area contributed by atoms with Gasteiger partial charge in [0.25, 0.3) is 5.91 Å². The standard InChI is InChI=1S/C21H24N2O2S/c1-15-9-10-16(2)18(13-15)14-26-21-22-11-12-23(21)20(24)17(3)25-19-7-5-4-6-8-19/h4-10,13,17H,11-12,14H2,1-3H3/t17-/m1/s1. The van der Waals surface area contributed by atoms with Crippen LogP contribution >= 0.6 is 11.8 Å². The van der Waals surface area contributed by atoms with E-state index in [4.69, 9.17) is 4.74 Å². The van der Waals surface area contributed by atoms with E-state index in [9.17, 15) is 4.79 Å². The van der Waals surface area contributed by atoms with E-state index in [1.807, 2.05) is 30.3 Å². The molecule has 2 aromatic carbocycles. The zero-order valence-corrected chi connectivity index (χ0v) is 16.3. The second-order valence-corrected chi connectivity index (χ2v) is 7.39. The molecule has 1 aliphatic heterocycles. The zero-order chi connectivity index (χ0) is 18.5. The molecule has 0 unspecified atom stereocenters. The van der Waals surface area contributed by atoms with Crippen LogP contribution in [-0.4, -0.2) is 35.2 Å². The summed E-state index contributed by atoms with van der Waals surface area (Å²) in [5, 5.41) is 0.791. The first-order valence-electron chi connectivity index (χ1n) is 8.81. The van der Waals surface area contributed by atoms with Gasteiger partial charge in [-0.3, -0.25) is 14.7 Å². The van der Waals surface area contributed by atoms with E-state index in [1.165, 1.54) is 16.7 Å². The van der Waals surface area contributed by atoms with Crippen LogP contribution in [0.25, 0.3) is 0 Å².